The van der Waals surface area contributed by atoms with Gasteiger partial charge < -0.3 is 4.98 Å². The molecule has 3 rings (SSSR count). The number of hydrogen-bond donors (Lipinski definition) is 2. The Bertz CT molecular complexity index is 937. The van der Waals surface area contributed by atoms with Gasteiger partial charge in [-0.1, -0.05) is 0 Å². The lowest BCUT2D eigenvalue weighted by atomic mass is 10.0. The number of H-pyrrole nitrogens is 2. The van der Waals surface area contributed by atoms with Crippen molar-refractivity contribution in [2.24, 2.45) is 0 Å². The summed E-state index contributed by atoms with van der Waals surface area (Å²) in [6, 6.07) is 1.78. The lowest BCUT2D eigenvalue weighted by Gasteiger charge is -2.06. The van der Waals surface area contributed by atoms with Crippen LogP contribution < -0.4 is 11.0 Å². The van der Waals surface area contributed by atoms with Crippen LogP contribution in [0, 0.1) is 20.8 Å². The molecule has 0 aliphatic rings. The summed E-state index contributed by atoms with van der Waals surface area (Å²) in [4.78, 5) is 27.2. The Morgan fingerprint density at radius 3 is 2.42 bits per heavy atom. The summed E-state index contributed by atoms with van der Waals surface area (Å²) < 4.78 is 0. The molecular formula is C13H12N4O2. The molecule has 0 radical (unpaired) electrons. The minimum atomic E-state index is -0.415. The highest BCUT2D eigenvalue weighted by Crippen LogP contribution is 2.20. The van der Waals surface area contributed by atoms with Crippen LogP contribution in [-0.2, 0) is 0 Å². The number of aromatic amines is 2. The first-order valence-corrected chi connectivity index (χ1v) is 5.88. The molecule has 2 heterocycles. The van der Waals surface area contributed by atoms with Crippen molar-refractivity contribution in [3.8, 4) is 0 Å². The van der Waals surface area contributed by atoms with Crippen molar-refractivity contribution in [1.29, 1.82) is 0 Å². The molecule has 0 amide bonds. The van der Waals surface area contributed by atoms with Crippen LogP contribution in [0.3, 0.4) is 0 Å². The van der Waals surface area contributed by atoms with Crippen molar-refractivity contribution in [3.63, 3.8) is 0 Å². The van der Waals surface area contributed by atoms with Crippen molar-refractivity contribution in [2.45, 2.75) is 20.8 Å². The van der Waals surface area contributed by atoms with E-state index in [1.54, 1.807) is 6.07 Å². The zero-order chi connectivity index (χ0) is 13.7. The molecule has 1 aromatic carbocycles. The number of rotatable bonds is 0. The number of fused-ring (bicyclic) bond motifs is 2. The summed E-state index contributed by atoms with van der Waals surface area (Å²) in [5.41, 5.74) is 2.91. The first-order valence-electron chi connectivity index (χ1n) is 5.88. The second-order valence-electron chi connectivity index (χ2n) is 4.67. The second-order valence-corrected chi connectivity index (χ2v) is 4.67. The normalized spacial score (nSPS) is 11.3. The summed E-state index contributed by atoms with van der Waals surface area (Å²) in [5, 5.41) is 10.3. The smallest absolute Gasteiger partial charge is 0.278 e. The number of aryl methyl sites for hydroxylation is 2. The molecule has 3 aromatic rings. The van der Waals surface area contributed by atoms with E-state index in [4.69, 9.17) is 0 Å². The molecular weight excluding hydrogens is 244 g/mol. The third-order valence-electron chi connectivity index (χ3n) is 3.62. The zero-order valence-corrected chi connectivity index (χ0v) is 10.8. The molecule has 0 aliphatic heterocycles. The van der Waals surface area contributed by atoms with Crippen LogP contribution in [0.1, 0.15) is 16.7 Å². The van der Waals surface area contributed by atoms with Gasteiger partial charge in [-0.15, -0.1) is 0 Å². The third kappa shape index (κ3) is 1.49. The summed E-state index contributed by atoms with van der Waals surface area (Å²) in [7, 11) is 0. The van der Waals surface area contributed by atoms with Gasteiger partial charge in [0.15, 0.2) is 11.0 Å². The molecule has 0 spiro atoms. The van der Waals surface area contributed by atoms with Gasteiger partial charge in [-0.3, -0.25) is 9.59 Å². The van der Waals surface area contributed by atoms with Gasteiger partial charge in [0.25, 0.3) is 5.56 Å². The number of nitrogens with zero attached hydrogens (tertiary/aromatic N) is 2. The van der Waals surface area contributed by atoms with Gasteiger partial charge in [0, 0.05) is 5.39 Å². The van der Waals surface area contributed by atoms with Crippen molar-refractivity contribution in [2.75, 3.05) is 0 Å². The van der Waals surface area contributed by atoms with Crippen molar-refractivity contribution in [1.82, 2.24) is 20.4 Å². The maximum atomic E-state index is 12.4. The van der Waals surface area contributed by atoms with E-state index < -0.39 is 5.56 Å². The lowest BCUT2D eigenvalue weighted by Crippen LogP contribution is -2.03. The fraction of sp³-hybridized carbons (Fsp3) is 0.231. The molecule has 19 heavy (non-hydrogen) atoms. The molecule has 0 bridgehead atoms. The molecule has 6 heteroatoms. The van der Waals surface area contributed by atoms with E-state index in [1.807, 2.05) is 20.8 Å². The van der Waals surface area contributed by atoms with Crippen molar-refractivity contribution in [3.05, 3.63) is 43.3 Å². The van der Waals surface area contributed by atoms with E-state index in [2.05, 4.69) is 20.4 Å². The van der Waals surface area contributed by atoms with Crippen LogP contribution in [0.15, 0.2) is 15.7 Å². The van der Waals surface area contributed by atoms with Crippen LogP contribution >= 0.6 is 0 Å². The van der Waals surface area contributed by atoms with Gasteiger partial charge in [0.05, 0.1) is 5.52 Å². The van der Waals surface area contributed by atoms with Crippen LogP contribution in [0.5, 0.6) is 0 Å². The SMILES string of the molecule is Cc1cc2c(=O)c3n[nH]nc3c(=O)[nH]c2c(C)c1C. The molecule has 96 valence electrons. The number of hydrogen-bond acceptors (Lipinski definition) is 4. The van der Waals surface area contributed by atoms with E-state index >= 15 is 0 Å². The molecule has 2 aromatic heterocycles. The van der Waals surface area contributed by atoms with Gasteiger partial charge in [-0.05, 0) is 43.5 Å². The Labute approximate surface area is 107 Å². The predicted molar refractivity (Wildman–Crippen MR) is 72.5 cm³/mol. The maximum absolute atomic E-state index is 12.4. The highest BCUT2D eigenvalue weighted by atomic mass is 16.1. The number of nitrogens with one attached hydrogen (secondary N) is 2. The Morgan fingerprint density at radius 2 is 1.68 bits per heavy atom. The lowest BCUT2D eigenvalue weighted by molar-refractivity contribution is 0.955. The molecule has 0 unspecified atom stereocenters. The summed E-state index contributed by atoms with van der Waals surface area (Å²) in [6.45, 7) is 5.79. The van der Waals surface area contributed by atoms with Crippen LogP contribution in [0.4, 0.5) is 0 Å². The van der Waals surface area contributed by atoms with E-state index in [0.29, 0.717) is 10.9 Å². The van der Waals surface area contributed by atoms with E-state index in [0.717, 1.165) is 16.7 Å². The minimum absolute atomic E-state index is 0.0379. The first-order chi connectivity index (χ1) is 9.00. The van der Waals surface area contributed by atoms with Gasteiger partial charge in [0.2, 0.25) is 5.43 Å². The maximum Gasteiger partial charge on any atom is 0.278 e. The van der Waals surface area contributed by atoms with E-state index in [9.17, 15) is 9.59 Å². The van der Waals surface area contributed by atoms with Gasteiger partial charge >= 0.3 is 0 Å². The molecule has 0 atom stereocenters. The van der Waals surface area contributed by atoms with Crippen LogP contribution in [0.25, 0.3) is 21.9 Å². The van der Waals surface area contributed by atoms with Gasteiger partial charge in [-0.25, -0.2) is 0 Å². The van der Waals surface area contributed by atoms with Crippen molar-refractivity contribution < 1.29 is 0 Å². The zero-order valence-electron chi connectivity index (χ0n) is 10.8. The van der Waals surface area contributed by atoms with Gasteiger partial charge in [0.1, 0.15) is 0 Å². The Kier molecular flexibility index (Phi) is 2.28. The average Bonchev–Trinajstić information content (AvgIpc) is 2.84. The highest BCUT2D eigenvalue weighted by molar-refractivity contribution is 5.89. The van der Waals surface area contributed by atoms with Crippen LogP contribution in [-0.4, -0.2) is 20.4 Å². The molecule has 0 saturated carbocycles. The molecule has 6 nitrogen and oxygen atoms in total. The predicted octanol–water partition coefficient (Wildman–Crippen LogP) is 1.08. The van der Waals surface area contributed by atoms with E-state index in [1.165, 1.54) is 0 Å². The fourth-order valence-corrected chi connectivity index (χ4v) is 2.27. The third-order valence-corrected chi connectivity index (χ3v) is 3.62. The topological polar surface area (TPSA) is 91.5 Å². The molecule has 0 fully saturated rings. The number of aromatic nitrogens is 4. The molecule has 0 saturated heterocycles. The quantitative estimate of drug-likeness (QED) is 0.629. The van der Waals surface area contributed by atoms with Crippen LogP contribution in [0.2, 0.25) is 0 Å². The molecule has 2 N–H and O–H groups in total. The largest absolute Gasteiger partial charge is 0.320 e. The molecule has 0 aliphatic carbocycles. The summed E-state index contributed by atoms with van der Waals surface area (Å²) in [5.74, 6) is 0. The van der Waals surface area contributed by atoms with Crippen molar-refractivity contribution >= 4 is 21.9 Å². The highest BCUT2D eigenvalue weighted by Gasteiger charge is 2.12. The first kappa shape index (κ1) is 11.6. The summed E-state index contributed by atoms with van der Waals surface area (Å²) in [6.07, 6.45) is 0. The number of benzene rings is 1. The van der Waals surface area contributed by atoms with Gasteiger partial charge in [-0.2, -0.15) is 15.4 Å². The standard InChI is InChI=1S/C13H12N4O2/c1-5-4-8-9(7(3)6(5)2)14-13(19)11-10(12(8)18)15-17-16-11/h4H,1-3H3,(H,14,19)(H,15,16,17). The average molecular weight is 256 g/mol. The Hall–Kier alpha value is -2.50. The Balaban J connectivity index is 2.77. The Morgan fingerprint density at radius 1 is 1.00 bits per heavy atom. The summed E-state index contributed by atoms with van der Waals surface area (Å²) >= 11 is 0. The van der Waals surface area contributed by atoms with E-state index in [-0.39, 0.29) is 16.5 Å². The monoisotopic (exact) mass is 256 g/mol. The second kappa shape index (κ2) is 3.74. The minimum Gasteiger partial charge on any atom is -0.320 e. The fourth-order valence-electron chi connectivity index (χ4n) is 2.27.